The van der Waals surface area contributed by atoms with Gasteiger partial charge in [0.05, 0.1) is 12.3 Å². The SMILES string of the molecule is Nc1cc(N2CCCC2)cc[n+]1Cc1ccccc1.[Cl-]. The van der Waals surface area contributed by atoms with E-state index < -0.39 is 0 Å². The highest BCUT2D eigenvalue weighted by Crippen LogP contribution is 2.20. The summed E-state index contributed by atoms with van der Waals surface area (Å²) >= 11 is 0. The van der Waals surface area contributed by atoms with Gasteiger partial charge in [0.25, 0.3) is 5.82 Å². The van der Waals surface area contributed by atoms with Crippen LogP contribution in [0.4, 0.5) is 11.5 Å². The van der Waals surface area contributed by atoms with Crippen molar-refractivity contribution < 1.29 is 17.0 Å². The van der Waals surface area contributed by atoms with Gasteiger partial charge >= 0.3 is 0 Å². The molecule has 1 fully saturated rings. The average molecular weight is 290 g/mol. The maximum Gasteiger partial charge on any atom is 0.274 e. The van der Waals surface area contributed by atoms with E-state index in [-0.39, 0.29) is 12.4 Å². The minimum absolute atomic E-state index is 0. The minimum Gasteiger partial charge on any atom is -1.00 e. The highest BCUT2D eigenvalue weighted by atomic mass is 35.5. The monoisotopic (exact) mass is 289 g/mol. The van der Waals surface area contributed by atoms with E-state index in [2.05, 4.69) is 52.1 Å². The van der Waals surface area contributed by atoms with E-state index in [4.69, 9.17) is 5.73 Å². The number of nitrogen functional groups attached to an aromatic ring is 1. The summed E-state index contributed by atoms with van der Waals surface area (Å²) in [6.07, 6.45) is 4.67. The van der Waals surface area contributed by atoms with Crippen LogP contribution in [0.1, 0.15) is 18.4 Å². The Labute approximate surface area is 126 Å². The van der Waals surface area contributed by atoms with Crippen LogP contribution >= 0.6 is 0 Å². The molecule has 0 unspecified atom stereocenters. The second-order valence-corrected chi connectivity index (χ2v) is 5.12. The van der Waals surface area contributed by atoms with Gasteiger partial charge in [0.15, 0.2) is 0 Å². The van der Waals surface area contributed by atoms with Crippen LogP contribution in [0.5, 0.6) is 0 Å². The summed E-state index contributed by atoms with van der Waals surface area (Å²) in [5.74, 6) is 0.827. The lowest BCUT2D eigenvalue weighted by Gasteiger charge is -2.17. The van der Waals surface area contributed by atoms with Crippen molar-refractivity contribution in [3.05, 3.63) is 54.2 Å². The molecular formula is C16H20ClN3. The van der Waals surface area contributed by atoms with E-state index in [1.165, 1.54) is 24.1 Å². The standard InChI is InChI=1S/C16H19N3.ClH/c17-16-12-15(18-9-4-5-10-18)8-11-19(16)13-14-6-2-1-3-7-14;/h1-3,6-8,11-12,17H,4-5,9-10,13H2;1H. The highest BCUT2D eigenvalue weighted by molar-refractivity contribution is 5.50. The Bertz CT molecular complexity index is 551. The molecule has 0 radical (unpaired) electrons. The summed E-state index contributed by atoms with van der Waals surface area (Å²) in [5, 5.41) is 0. The third-order valence-electron chi connectivity index (χ3n) is 3.72. The summed E-state index contributed by atoms with van der Waals surface area (Å²) < 4.78 is 2.09. The van der Waals surface area contributed by atoms with E-state index in [1.807, 2.05) is 6.07 Å². The van der Waals surface area contributed by atoms with Crippen molar-refractivity contribution in [1.29, 1.82) is 0 Å². The molecule has 0 saturated carbocycles. The van der Waals surface area contributed by atoms with Crippen LogP contribution in [0.25, 0.3) is 0 Å². The Balaban J connectivity index is 0.00000147. The predicted molar refractivity (Wildman–Crippen MR) is 78.0 cm³/mol. The first-order valence-corrected chi connectivity index (χ1v) is 6.91. The number of nitrogens with two attached hydrogens (primary N) is 1. The molecule has 2 aromatic rings. The molecule has 106 valence electrons. The summed E-state index contributed by atoms with van der Waals surface area (Å²) in [4.78, 5) is 2.41. The fraction of sp³-hybridized carbons (Fsp3) is 0.312. The van der Waals surface area contributed by atoms with Gasteiger partial charge < -0.3 is 17.3 Å². The maximum atomic E-state index is 6.17. The Morgan fingerprint density at radius 1 is 1.05 bits per heavy atom. The first kappa shape index (κ1) is 14.7. The number of pyridine rings is 1. The van der Waals surface area contributed by atoms with Crippen LogP contribution in [0.15, 0.2) is 48.7 Å². The van der Waals surface area contributed by atoms with Crippen molar-refractivity contribution in [3.63, 3.8) is 0 Å². The maximum absolute atomic E-state index is 6.17. The number of rotatable bonds is 3. The molecule has 0 atom stereocenters. The van der Waals surface area contributed by atoms with Crippen molar-refractivity contribution in [1.82, 2.24) is 0 Å². The van der Waals surface area contributed by atoms with E-state index in [0.717, 1.165) is 25.5 Å². The number of benzene rings is 1. The van der Waals surface area contributed by atoms with Gasteiger partial charge in [-0.3, -0.25) is 5.73 Å². The Morgan fingerprint density at radius 3 is 2.40 bits per heavy atom. The average Bonchev–Trinajstić information content (AvgIpc) is 2.96. The van der Waals surface area contributed by atoms with Gasteiger partial charge in [0.1, 0.15) is 6.54 Å². The summed E-state index contributed by atoms with van der Waals surface area (Å²) in [7, 11) is 0. The van der Waals surface area contributed by atoms with Crippen molar-refractivity contribution >= 4 is 11.5 Å². The van der Waals surface area contributed by atoms with Gasteiger partial charge in [-0.05, 0) is 18.4 Å². The first-order chi connectivity index (χ1) is 9.33. The number of aromatic nitrogens is 1. The lowest BCUT2D eigenvalue weighted by Crippen LogP contribution is -3.00. The third-order valence-corrected chi connectivity index (χ3v) is 3.72. The number of hydrogen-bond donors (Lipinski definition) is 1. The van der Waals surface area contributed by atoms with E-state index in [0.29, 0.717) is 0 Å². The molecule has 0 spiro atoms. The molecule has 0 amide bonds. The molecule has 1 aliphatic rings. The van der Waals surface area contributed by atoms with Crippen molar-refractivity contribution in [2.75, 3.05) is 23.7 Å². The molecule has 0 aliphatic carbocycles. The molecule has 1 aromatic carbocycles. The van der Waals surface area contributed by atoms with Crippen LogP contribution in [0, 0.1) is 0 Å². The van der Waals surface area contributed by atoms with Crippen molar-refractivity contribution in [2.45, 2.75) is 19.4 Å². The van der Waals surface area contributed by atoms with Gasteiger partial charge in [-0.25, -0.2) is 4.57 Å². The molecule has 20 heavy (non-hydrogen) atoms. The molecule has 3 nitrogen and oxygen atoms in total. The minimum atomic E-state index is 0. The third kappa shape index (κ3) is 3.23. The zero-order chi connectivity index (χ0) is 13.1. The molecule has 1 saturated heterocycles. The van der Waals surface area contributed by atoms with E-state index >= 15 is 0 Å². The Hall–Kier alpha value is -1.74. The zero-order valence-corrected chi connectivity index (χ0v) is 12.3. The van der Waals surface area contributed by atoms with Crippen LogP contribution in [0.2, 0.25) is 0 Å². The lowest BCUT2D eigenvalue weighted by atomic mass is 10.2. The van der Waals surface area contributed by atoms with Crippen molar-refractivity contribution in [2.24, 2.45) is 0 Å². The largest absolute Gasteiger partial charge is 1.00 e. The Kier molecular flexibility index (Phi) is 4.85. The molecular weight excluding hydrogens is 270 g/mol. The molecule has 1 aliphatic heterocycles. The lowest BCUT2D eigenvalue weighted by molar-refractivity contribution is -0.673. The quantitative estimate of drug-likeness (QED) is 0.752. The smallest absolute Gasteiger partial charge is 0.274 e. The molecule has 2 heterocycles. The van der Waals surface area contributed by atoms with Crippen molar-refractivity contribution in [3.8, 4) is 0 Å². The van der Waals surface area contributed by atoms with Gasteiger partial charge in [0.2, 0.25) is 0 Å². The molecule has 2 N–H and O–H groups in total. The summed E-state index contributed by atoms with van der Waals surface area (Å²) in [6.45, 7) is 3.14. The van der Waals surface area contributed by atoms with Crippen LogP contribution in [-0.4, -0.2) is 13.1 Å². The Morgan fingerprint density at radius 2 is 1.75 bits per heavy atom. The molecule has 1 aromatic heterocycles. The molecule has 0 bridgehead atoms. The van der Waals surface area contributed by atoms with Crippen LogP contribution in [0.3, 0.4) is 0 Å². The van der Waals surface area contributed by atoms with E-state index in [1.54, 1.807) is 0 Å². The second kappa shape index (κ2) is 6.62. The highest BCUT2D eigenvalue weighted by Gasteiger charge is 2.15. The molecule has 4 heteroatoms. The zero-order valence-electron chi connectivity index (χ0n) is 11.5. The van der Waals surface area contributed by atoms with Gasteiger partial charge in [0, 0.05) is 24.8 Å². The predicted octanol–water partition coefficient (Wildman–Crippen LogP) is -0.791. The first-order valence-electron chi connectivity index (χ1n) is 6.91. The van der Waals surface area contributed by atoms with Gasteiger partial charge in [-0.2, -0.15) is 0 Å². The normalized spacial score (nSPS) is 14.1. The van der Waals surface area contributed by atoms with E-state index in [9.17, 15) is 0 Å². The molecule has 3 rings (SSSR count). The summed E-state index contributed by atoms with van der Waals surface area (Å²) in [5.41, 5.74) is 8.69. The topological polar surface area (TPSA) is 33.1 Å². The van der Waals surface area contributed by atoms with Gasteiger partial charge in [-0.15, -0.1) is 0 Å². The van der Waals surface area contributed by atoms with Crippen LogP contribution in [-0.2, 0) is 6.54 Å². The fourth-order valence-electron chi connectivity index (χ4n) is 2.63. The fourth-order valence-corrected chi connectivity index (χ4v) is 2.63. The number of nitrogens with zero attached hydrogens (tertiary/aromatic N) is 2. The summed E-state index contributed by atoms with van der Waals surface area (Å²) in [6, 6.07) is 14.7. The number of halogens is 1. The second-order valence-electron chi connectivity index (χ2n) is 5.12. The van der Waals surface area contributed by atoms with Crippen LogP contribution < -0.4 is 27.6 Å². The number of hydrogen-bond acceptors (Lipinski definition) is 2. The number of anilines is 2. The van der Waals surface area contributed by atoms with Gasteiger partial charge in [-0.1, -0.05) is 30.3 Å².